The lowest BCUT2D eigenvalue weighted by atomic mass is 10.1. The highest BCUT2D eigenvalue weighted by molar-refractivity contribution is 9.10. The molecule has 19 heavy (non-hydrogen) atoms. The van der Waals surface area contributed by atoms with Crippen molar-refractivity contribution in [1.29, 1.82) is 0 Å². The molecule has 0 bridgehead atoms. The van der Waals surface area contributed by atoms with Gasteiger partial charge in [-0.15, -0.1) is 0 Å². The second-order valence-electron chi connectivity index (χ2n) is 4.73. The molecule has 3 rings (SSSR count). The molecule has 2 aromatic rings. The normalized spacial score (nSPS) is 14.8. The lowest BCUT2D eigenvalue weighted by Gasteiger charge is -2.07. The fraction of sp³-hybridized carbons (Fsp3) is 0.357. The Hall–Kier alpha value is -1.49. The van der Waals surface area contributed by atoms with E-state index in [1.807, 2.05) is 12.1 Å². The van der Waals surface area contributed by atoms with Crippen LogP contribution in [0.2, 0.25) is 0 Å². The van der Waals surface area contributed by atoms with Crippen molar-refractivity contribution >= 4 is 15.9 Å². The Labute approximate surface area is 119 Å². The van der Waals surface area contributed by atoms with Crippen molar-refractivity contribution in [3.8, 4) is 11.5 Å². The van der Waals surface area contributed by atoms with E-state index in [1.54, 1.807) is 6.20 Å². The Bertz CT molecular complexity index is 666. The van der Waals surface area contributed by atoms with Gasteiger partial charge in [0.25, 0.3) is 5.56 Å². The van der Waals surface area contributed by atoms with Crippen molar-refractivity contribution in [2.45, 2.75) is 32.1 Å². The fourth-order valence-corrected chi connectivity index (χ4v) is 2.89. The molecule has 0 spiro atoms. The molecule has 0 amide bonds. The third-order valence-corrected chi connectivity index (χ3v) is 4.06. The van der Waals surface area contributed by atoms with Crippen LogP contribution in [0.1, 0.15) is 30.5 Å². The van der Waals surface area contributed by atoms with Crippen LogP contribution in [0, 0.1) is 0 Å². The lowest BCUT2D eigenvalue weighted by molar-refractivity contribution is 0.708. The van der Waals surface area contributed by atoms with Gasteiger partial charge in [-0.2, -0.15) is 0 Å². The highest BCUT2D eigenvalue weighted by atomic mass is 79.9. The van der Waals surface area contributed by atoms with Gasteiger partial charge in [-0.3, -0.25) is 9.78 Å². The van der Waals surface area contributed by atoms with Gasteiger partial charge >= 0.3 is 0 Å². The van der Waals surface area contributed by atoms with E-state index in [1.165, 1.54) is 6.42 Å². The Morgan fingerprint density at radius 2 is 2.05 bits per heavy atom. The van der Waals surface area contributed by atoms with Crippen LogP contribution >= 0.6 is 15.9 Å². The van der Waals surface area contributed by atoms with Crippen LogP contribution in [0.5, 0.6) is 0 Å². The smallest absolute Gasteiger partial charge is 0.254 e. The van der Waals surface area contributed by atoms with Gasteiger partial charge in [-0.25, -0.2) is 4.98 Å². The van der Waals surface area contributed by atoms with Gasteiger partial charge in [0.05, 0.1) is 5.69 Å². The molecule has 2 heterocycles. The first-order valence-corrected chi connectivity index (χ1v) is 7.28. The third-order valence-electron chi connectivity index (χ3n) is 3.42. The van der Waals surface area contributed by atoms with Crippen molar-refractivity contribution in [2.24, 2.45) is 0 Å². The van der Waals surface area contributed by atoms with E-state index in [0.29, 0.717) is 11.5 Å². The molecule has 0 aliphatic heterocycles. The summed E-state index contributed by atoms with van der Waals surface area (Å²) in [5.74, 6) is 0.554. The van der Waals surface area contributed by atoms with Crippen LogP contribution in [0.15, 0.2) is 27.6 Å². The Morgan fingerprint density at radius 3 is 2.89 bits per heavy atom. The van der Waals surface area contributed by atoms with E-state index < -0.39 is 0 Å². The van der Waals surface area contributed by atoms with Gasteiger partial charge in [0.1, 0.15) is 5.69 Å². The lowest BCUT2D eigenvalue weighted by Crippen LogP contribution is -2.18. The third kappa shape index (κ3) is 2.47. The zero-order valence-corrected chi connectivity index (χ0v) is 12.0. The number of aryl methyl sites for hydroxylation is 1. The monoisotopic (exact) mass is 319 g/mol. The number of aromatic nitrogens is 3. The van der Waals surface area contributed by atoms with Crippen molar-refractivity contribution in [3.63, 3.8) is 0 Å². The minimum absolute atomic E-state index is 0.0144. The first kappa shape index (κ1) is 12.5. The fourth-order valence-electron chi connectivity index (χ4n) is 2.45. The summed E-state index contributed by atoms with van der Waals surface area (Å²) in [6.07, 6.45) is 6.76. The minimum atomic E-state index is -0.0144. The van der Waals surface area contributed by atoms with E-state index in [2.05, 4.69) is 30.9 Å². The number of nitrogens with one attached hydrogen (secondary N) is 1. The second-order valence-corrected chi connectivity index (χ2v) is 5.59. The molecule has 5 heteroatoms. The van der Waals surface area contributed by atoms with Gasteiger partial charge in [0, 0.05) is 16.2 Å². The van der Waals surface area contributed by atoms with Crippen molar-refractivity contribution in [1.82, 2.24) is 15.0 Å². The molecular weight excluding hydrogens is 306 g/mol. The van der Waals surface area contributed by atoms with Gasteiger partial charge < -0.3 is 4.98 Å². The number of rotatable bonds is 1. The summed E-state index contributed by atoms with van der Waals surface area (Å²) in [7, 11) is 0. The molecule has 0 radical (unpaired) electrons. The molecule has 4 nitrogen and oxygen atoms in total. The molecule has 0 saturated heterocycles. The van der Waals surface area contributed by atoms with Crippen LogP contribution in [0.3, 0.4) is 0 Å². The first-order valence-electron chi connectivity index (χ1n) is 6.48. The van der Waals surface area contributed by atoms with E-state index in [0.717, 1.165) is 41.4 Å². The number of H-pyrrole nitrogens is 1. The second kappa shape index (κ2) is 5.25. The average Bonchev–Trinajstić information content (AvgIpc) is 2.65. The van der Waals surface area contributed by atoms with Gasteiger partial charge in [-0.05, 0) is 53.7 Å². The number of halogens is 1. The molecule has 1 N–H and O–H groups in total. The number of fused-ring (bicyclic) bond motifs is 1. The Kier molecular flexibility index (Phi) is 3.46. The number of aromatic amines is 1. The van der Waals surface area contributed by atoms with Crippen molar-refractivity contribution < 1.29 is 0 Å². The molecule has 1 aliphatic rings. The molecule has 0 atom stereocenters. The van der Waals surface area contributed by atoms with Crippen LogP contribution in [0.25, 0.3) is 11.5 Å². The average molecular weight is 320 g/mol. The summed E-state index contributed by atoms with van der Waals surface area (Å²) in [6.45, 7) is 0. The number of nitrogens with zero attached hydrogens (tertiary/aromatic N) is 2. The molecular formula is C14H14BrN3O. The summed E-state index contributed by atoms with van der Waals surface area (Å²) in [4.78, 5) is 23.9. The standard InChI is InChI=1S/C14H14BrN3O/c15-10-6-4-8-16-12(10)13-17-11-7-3-1-2-5-9(11)14(19)18-13/h4,6,8H,1-3,5,7H2,(H,17,18,19). The van der Waals surface area contributed by atoms with E-state index >= 15 is 0 Å². The summed E-state index contributed by atoms with van der Waals surface area (Å²) < 4.78 is 0.840. The summed E-state index contributed by atoms with van der Waals surface area (Å²) in [6, 6.07) is 3.74. The molecule has 2 aromatic heterocycles. The molecule has 0 fully saturated rings. The SMILES string of the molecule is O=c1[nH]c(-c2ncccc2Br)nc2c1CCCCC2. The molecule has 1 aliphatic carbocycles. The van der Waals surface area contributed by atoms with Crippen LogP contribution < -0.4 is 5.56 Å². The first-order chi connectivity index (χ1) is 9.25. The minimum Gasteiger partial charge on any atom is -0.305 e. The predicted molar refractivity (Wildman–Crippen MR) is 77.0 cm³/mol. The molecule has 98 valence electrons. The van der Waals surface area contributed by atoms with Crippen LogP contribution in [-0.2, 0) is 12.8 Å². The van der Waals surface area contributed by atoms with Gasteiger partial charge in [-0.1, -0.05) is 6.42 Å². The number of hydrogen-bond acceptors (Lipinski definition) is 3. The maximum atomic E-state index is 12.2. The van der Waals surface area contributed by atoms with Crippen LogP contribution in [0.4, 0.5) is 0 Å². The van der Waals surface area contributed by atoms with Crippen LogP contribution in [-0.4, -0.2) is 15.0 Å². The summed E-state index contributed by atoms with van der Waals surface area (Å²) in [5.41, 5.74) is 2.47. The quantitative estimate of drug-likeness (QED) is 0.822. The molecule has 0 unspecified atom stereocenters. The van der Waals surface area contributed by atoms with E-state index in [4.69, 9.17) is 0 Å². The van der Waals surface area contributed by atoms with Crippen molar-refractivity contribution in [3.05, 3.63) is 44.4 Å². The summed E-state index contributed by atoms with van der Waals surface area (Å²) in [5, 5.41) is 0. The topological polar surface area (TPSA) is 58.6 Å². The van der Waals surface area contributed by atoms with Gasteiger partial charge in [0.2, 0.25) is 0 Å². The zero-order valence-electron chi connectivity index (χ0n) is 10.4. The highest BCUT2D eigenvalue weighted by Crippen LogP contribution is 2.23. The predicted octanol–water partition coefficient (Wildman–Crippen LogP) is 2.86. The number of pyridine rings is 1. The van der Waals surface area contributed by atoms with E-state index in [9.17, 15) is 4.79 Å². The summed E-state index contributed by atoms with van der Waals surface area (Å²) >= 11 is 3.44. The Morgan fingerprint density at radius 1 is 1.21 bits per heavy atom. The van der Waals surface area contributed by atoms with E-state index in [-0.39, 0.29) is 5.56 Å². The Balaban J connectivity index is 2.15. The maximum absolute atomic E-state index is 12.2. The maximum Gasteiger partial charge on any atom is 0.254 e. The van der Waals surface area contributed by atoms with Gasteiger partial charge in [0.15, 0.2) is 5.82 Å². The molecule has 0 saturated carbocycles. The largest absolute Gasteiger partial charge is 0.305 e. The highest BCUT2D eigenvalue weighted by Gasteiger charge is 2.16. The molecule has 0 aromatic carbocycles. The number of hydrogen-bond donors (Lipinski definition) is 1. The zero-order chi connectivity index (χ0) is 13.2. The van der Waals surface area contributed by atoms with Crippen molar-refractivity contribution in [2.75, 3.05) is 0 Å².